The summed E-state index contributed by atoms with van der Waals surface area (Å²) < 4.78 is 0. The topological polar surface area (TPSA) is 92.0 Å². The number of hydrogen-bond donors (Lipinski definition) is 3. The number of carboxylic acids is 1. The van der Waals surface area contributed by atoms with Crippen molar-refractivity contribution in [3.8, 4) is 0 Å². The molecule has 0 aliphatic rings. The number of nitrogens with one attached hydrogen (secondary N) is 1. The van der Waals surface area contributed by atoms with E-state index in [1.165, 1.54) is 0 Å². The highest BCUT2D eigenvalue weighted by Crippen LogP contribution is 2.25. The summed E-state index contributed by atoms with van der Waals surface area (Å²) in [5.74, 6) is -0.985. The summed E-state index contributed by atoms with van der Waals surface area (Å²) >= 11 is 0. The Labute approximate surface area is 109 Å². The van der Waals surface area contributed by atoms with Crippen molar-refractivity contribution >= 4 is 27.8 Å². The Balaban J connectivity index is 2.09. The highest BCUT2D eigenvalue weighted by atomic mass is 16.4. The van der Waals surface area contributed by atoms with E-state index in [0.717, 1.165) is 27.4 Å². The van der Waals surface area contributed by atoms with Crippen LogP contribution in [0.1, 0.15) is 5.56 Å². The lowest BCUT2D eigenvalue weighted by Crippen LogP contribution is -2.32. The fraction of sp³-hybridized carbons (Fsp3) is 0.143. The van der Waals surface area contributed by atoms with Gasteiger partial charge < -0.3 is 15.8 Å². The molecule has 3 aromatic rings. The third kappa shape index (κ3) is 2.04. The quantitative estimate of drug-likeness (QED) is 0.663. The number of benzene rings is 1. The number of carboxylic acid groups (broad SMARTS) is 1. The lowest BCUT2D eigenvalue weighted by atomic mass is 10.0. The monoisotopic (exact) mass is 255 g/mol. The van der Waals surface area contributed by atoms with Gasteiger partial charge in [0.05, 0.1) is 0 Å². The highest BCUT2D eigenvalue weighted by Gasteiger charge is 2.13. The van der Waals surface area contributed by atoms with Crippen LogP contribution >= 0.6 is 0 Å². The average Bonchev–Trinajstić information content (AvgIpc) is 2.76. The van der Waals surface area contributed by atoms with Gasteiger partial charge in [-0.3, -0.25) is 9.78 Å². The molecule has 0 amide bonds. The molecule has 2 heterocycles. The summed E-state index contributed by atoms with van der Waals surface area (Å²) in [7, 11) is 0. The molecule has 0 radical (unpaired) electrons. The van der Waals surface area contributed by atoms with Gasteiger partial charge in [0.1, 0.15) is 6.04 Å². The van der Waals surface area contributed by atoms with Crippen LogP contribution in [0.3, 0.4) is 0 Å². The first-order valence-corrected chi connectivity index (χ1v) is 5.98. The highest BCUT2D eigenvalue weighted by molar-refractivity contribution is 6.06. The van der Waals surface area contributed by atoms with Crippen LogP contribution in [0.4, 0.5) is 0 Å². The molecule has 0 spiro atoms. The normalized spacial score (nSPS) is 12.9. The molecule has 5 nitrogen and oxygen atoms in total. The molecule has 5 heteroatoms. The van der Waals surface area contributed by atoms with Crippen LogP contribution < -0.4 is 5.73 Å². The molecule has 96 valence electrons. The molecule has 0 fully saturated rings. The van der Waals surface area contributed by atoms with Crippen LogP contribution in [0.15, 0.2) is 36.7 Å². The number of carbonyl (C=O) groups is 1. The molecule has 0 bridgehead atoms. The largest absolute Gasteiger partial charge is 0.480 e. The average molecular weight is 255 g/mol. The second-order valence-corrected chi connectivity index (χ2v) is 4.58. The van der Waals surface area contributed by atoms with E-state index >= 15 is 0 Å². The van der Waals surface area contributed by atoms with E-state index in [1.54, 1.807) is 12.4 Å². The molecule has 1 unspecified atom stereocenters. The predicted molar refractivity (Wildman–Crippen MR) is 72.9 cm³/mol. The number of fused-ring (bicyclic) bond motifs is 3. The van der Waals surface area contributed by atoms with Crippen LogP contribution in [0.5, 0.6) is 0 Å². The molecule has 4 N–H and O–H groups in total. The summed E-state index contributed by atoms with van der Waals surface area (Å²) in [5.41, 5.74) is 8.50. The van der Waals surface area contributed by atoms with Crippen molar-refractivity contribution in [2.45, 2.75) is 12.5 Å². The number of aromatic amines is 1. The van der Waals surface area contributed by atoms with Gasteiger partial charge in [0.15, 0.2) is 0 Å². The first-order chi connectivity index (χ1) is 9.15. The number of nitrogens with zero attached hydrogens (tertiary/aromatic N) is 1. The smallest absolute Gasteiger partial charge is 0.320 e. The fourth-order valence-electron chi connectivity index (χ4n) is 2.25. The van der Waals surface area contributed by atoms with E-state index in [0.29, 0.717) is 6.42 Å². The Morgan fingerprint density at radius 1 is 1.32 bits per heavy atom. The van der Waals surface area contributed by atoms with Crippen molar-refractivity contribution in [2.24, 2.45) is 5.73 Å². The van der Waals surface area contributed by atoms with Crippen molar-refractivity contribution in [3.63, 3.8) is 0 Å². The van der Waals surface area contributed by atoms with Crippen molar-refractivity contribution in [3.05, 3.63) is 42.2 Å². The lowest BCUT2D eigenvalue weighted by Gasteiger charge is -2.06. The molecular weight excluding hydrogens is 242 g/mol. The maximum Gasteiger partial charge on any atom is 0.320 e. The second-order valence-electron chi connectivity index (χ2n) is 4.58. The van der Waals surface area contributed by atoms with Gasteiger partial charge in [-0.25, -0.2) is 0 Å². The Bertz CT molecular complexity index is 764. The summed E-state index contributed by atoms with van der Waals surface area (Å²) in [5, 5.41) is 10.9. The number of pyridine rings is 1. The summed E-state index contributed by atoms with van der Waals surface area (Å²) in [6.07, 6.45) is 3.85. The molecule has 2 aromatic heterocycles. The van der Waals surface area contributed by atoms with E-state index in [-0.39, 0.29) is 0 Å². The summed E-state index contributed by atoms with van der Waals surface area (Å²) in [4.78, 5) is 18.2. The fourth-order valence-corrected chi connectivity index (χ4v) is 2.25. The number of aromatic nitrogens is 2. The minimum atomic E-state index is -0.985. The van der Waals surface area contributed by atoms with Gasteiger partial charge in [0, 0.05) is 34.2 Å². The molecule has 0 saturated carbocycles. The van der Waals surface area contributed by atoms with Crippen molar-refractivity contribution in [1.29, 1.82) is 0 Å². The van der Waals surface area contributed by atoms with Gasteiger partial charge in [-0.1, -0.05) is 6.07 Å². The molecule has 0 aliphatic carbocycles. The van der Waals surface area contributed by atoms with Crippen molar-refractivity contribution < 1.29 is 9.90 Å². The van der Waals surface area contributed by atoms with E-state index in [1.807, 2.05) is 24.3 Å². The number of hydrogen-bond acceptors (Lipinski definition) is 3. The third-order valence-corrected chi connectivity index (χ3v) is 3.24. The van der Waals surface area contributed by atoms with Crippen molar-refractivity contribution in [1.82, 2.24) is 9.97 Å². The lowest BCUT2D eigenvalue weighted by molar-refractivity contribution is -0.138. The van der Waals surface area contributed by atoms with Gasteiger partial charge in [0.25, 0.3) is 0 Å². The minimum absolute atomic E-state index is 0.318. The van der Waals surface area contributed by atoms with Gasteiger partial charge in [-0.2, -0.15) is 0 Å². The zero-order valence-corrected chi connectivity index (χ0v) is 10.1. The van der Waals surface area contributed by atoms with Gasteiger partial charge >= 0.3 is 5.97 Å². The zero-order valence-electron chi connectivity index (χ0n) is 10.1. The van der Waals surface area contributed by atoms with Crippen molar-refractivity contribution in [2.75, 3.05) is 0 Å². The first-order valence-electron chi connectivity index (χ1n) is 5.98. The number of rotatable bonds is 3. The molecular formula is C14H13N3O2. The Morgan fingerprint density at radius 2 is 2.11 bits per heavy atom. The predicted octanol–water partition coefficient (Wildman–Crippen LogP) is 1.67. The van der Waals surface area contributed by atoms with E-state index < -0.39 is 12.0 Å². The summed E-state index contributed by atoms with van der Waals surface area (Å²) in [6.45, 7) is 0. The maximum absolute atomic E-state index is 10.8. The molecule has 1 aromatic carbocycles. The molecule has 3 rings (SSSR count). The number of H-pyrrole nitrogens is 1. The van der Waals surface area contributed by atoms with E-state index in [4.69, 9.17) is 10.8 Å². The standard InChI is InChI=1S/C14H13N3O2/c15-11(14(18)19)6-8-1-2-12-9(5-8)10-7-16-4-3-13(10)17-12/h1-5,7,11,17H,6,15H2,(H,18,19). The Morgan fingerprint density at radius 3 is 2.89 bits per heavy atom. The van der Waals surface area contributed by atoms with Gasteiger partial charge in [0.2, 0.25) is 0 Å². The third-order valence-electron chi connectivity index (χ3n) is 3.24. The molecule has 1 atom stereocenters. The minimum Gasteiger partial charge on any atom is -0.480 e. The maximum atomic E-state index is 10.8. The Kier molecular flexibility index (Phi) is 2.68. The number of aliphatic carboxylic acids is 1. The van der Waals surface area contributed by atoms with Crippen LogP contribution in [0, 0.1) is 0 Å². The summed E-state index contributed by atoms with van der Waals surface area (Å²) in [6, 6.07) is 6.85. The van der Waals surface area contributed by atoms with E-state index in [9.17, 15) is 4.79 Å². The second kappa shape index (κ2) is 4.37. The SMILES string of the molecule is NC(Cc1ccc2[nH]c3ccncc3c2c1)C(=O)O. The van der Waals surface area contributed by atoms with Crippen LogP contribution in [0.2, 0.25) is 0 Å². The van der Waals surface area contributed by atoms with Crippen LogP contribution in [-0.2, 0) is 11.2 Å². The molecule has 0 aliphatic heterocycles. The Hall–Kier alpha value is -2.40. The zero-order chi connectivity index (χ0) is 13.4. The first kappa shape index (κ1) is 11.7. The van der Waals surface area contributed by atoms with Gasteiger partial charge in [-0.05, 0) is 30.2 Å². The number of nitrogens with two attached hydrogens (primary N) is 1. The van der Waals surface area contributed by atoms with Gasteiger partial charge in [-0.15, -0.1) is 0 Å². The van der Waals surface area contributed by atoms with Crippen LogP contribution in [0.25, 0.3) is 21.8 Å². The van der Waals surface area contributed by atoms with Crippen LogP contribution in [-0.4, -0.2) is 27.1 Å². The van der Waals surface area contributed by atoms with E-state index in [2.05, 4.69) is 9.97 Å². The molecule has 19 heavy (non-hydrogen) atoms. The molecule has 0 saturated heterocycles.